The summed E-state index contributed by atoms with van der Waals surface area (Å²) in [5.41, 5.74) is 0.444. The molecule has 0 bridgehead atoms. The number of nitrogens with one attached hydrogen (secondary N) is 1. The Morgan fingerprint density at radius 2 is 2.20 bits per heavy atom. The number of hydrogen-bond donors (Lipinski definition) is 1. The van der Waals surface area contributed by atoms with Gasteiger partial charge in [0.15, 0.2) is 0 Å². The predicted octanol–water partition coefficient (Wildman–Crippen LogP) is 2.23. The summed E-state index contributed by atoms with van der Waals surface area (Å²) in [6.45, 7) is 3.28. The van der Waals surface area contributed by atoms with Gasteiger partial charge in [0, 0.05) is 19.6 Å². The number of sulfonamides is 1. The Morgan fingerprint density at radius 1 is 1.50 bits per heavy atom. The molecular formula is C13H18ClFN2O2S. The van der Waals surface area contributed by atoms with Crippen molar-refractivity contribution in [3.05, 3.63) is 28.5 Å². The average Bonchev–Trinajstić information content (AvgIpc) is 2.82. The van der Waals surface area contributed by atoms with Crippen LogP contribution in [-0.4, -0.2) is 32.9 Å². The first-order chi connectivity index (χ1) is 9.36. The highest BCUT2D eigenvalue weighted by molar-refractivity contribution is 7.89. The van der Waals surface area contributed by atoms with Crippen LogP contribution in [-0.2, 0) is 16.6 Å². The Hall–Kier alpha value is -0.690. The number of benzene rings is 1. The van der Waals surface area contributed by atoms with Crippen LogP contribution in [0.15, 0.2) is 17.0 Å². The van der Waals surface area contributed by atoms with Crippen LogP contribution in [0.1, 0.15) is 18.9 Å². The molecule has 1 aromatic carbocycles. The smallest absolute Gasteiger partial charge is 0.243 e. The van der Waals surface area contributed by atoms with E-state index in [0.717, 1.165) is 12.5 Å². The summed E-state index contributed by atoms with van der Waals surface area (Å²) in [5.74, 6) is -0.371. The van der Waals surface area contributed by atoms with Gasteiger partial charge < -0.3 is 5.32 Å². The number of nitrogens with zero attached hydrogens (tertiary/aromatic N) is 1. The minimum atomic E-state index is -3.64. The molecular weight excluding hydrogens is 303 g/mol. The Morgan fingerprint density at radius 3 is 2.75 bits per heavy atom. The molecule has 0 saturated carbocycles. The fraction of sp³-hybridized carbons (Fsp3) is 0.538. The first-order valence-electron chi connectivity index (χ1n) is 6.49. The highest BCUT2D eigenvalue weighted by Crippen LogP contribution is 2.28. The van der Waals surface area contributed by atoms with Crippen molar-refractivity contribution >= 4 is 21.6 Å². The van der Waals surface area contributed by atoms with Crippen molar-refractivity contribution in [2.75, 3.05) is 20.1 Å². The lowest BCUT2D eigenvalue weighted by Crippen LogP contribution is -2.29. The second-order valence-electron chi connectivity index (χ2n) is 5.17. The van der Waals surface area contributed by atoms with Crippen molar-refractivity contribution in [2.24, 2.45) is 5.92 Å². The first-order valence-corrected chi connectivity index (χ1v) is 8.30. The molecule has 1 aliphatic heterocycles. The van der Waals surface area contributed by atoms with Crippen molar-refractivity contribution in [3.8, 4) is 0 Å². The third-order valence-corrected chi connectivity index (χ3v) is 5.73. The minimum Gasteiger partial charge on any atom is -0.316 e. The molecule has 1 heterocycles. The van der Waals surface area contributed by atoms with Crippen LogP contribution in [0, 0.1) is 11.7 Å². The maximum atomic E-state index is 13.8. The van der Waals surface area contributed by atoms with Crippen LogP contribution in [0.2, 0.25) is 5.02 Å². The lowest BCUT2D eigenvalue weighted by atomic mass is 10.2. The Balaban J connectivity index is 2.41. The molecule has 0 aliphatic carbocycles. The Labute approximate surface area is 124 Å². The van der Waals surface area contributed by atoms with Gasteiger partial charge in [0.25, 0.3) is 0 Å². The summed E-state index contributed by atoms with van der Waals surface area (Å²) in [6, 6.07) is 2.44. The first kappa shape index (κ1) is 15.7. The van der Waals surface area contributed by atoms with Gasteiger partial charge in [-0.25, -0.2) is 12.8 Å². The van der Waals surface area contributed by atoms with E-state index in [0.29, 0.717) is 31.1 Å². The van der Waals surface area contributed by atoms with Crippen LogP contribution >= 0.6 is 11.6 Å². The van der Waals surface area contributed by atoms with Gasteiger partial charge in [0.1, 0.15) is 5.82 Å². The fourth-order valence-corrected chi connectivity index (χ4v) is 4.16. The standard InChI is InChI=1S/C13H18ClFN2O2S/c1-9-3-4-17(8-9)20(18,19)11-5-10(7-16-2)13(14)12(15)6-11/h5-6,9,16H,3-4,7-8H2,1-2H3. The normalized spacial score (nSPS) is 20.5. The highest BCUT2D eigenvalue weighted by atomic mass is 35.5. The summed E-state index contributed by atoms with van der Waals surface area (Å²) in [4.78, 5) is -0.0289. The number of rotatable bonds is 4. The second kappa shape index (κ2) is 5.97. The summed E-state index contributed by atoms with van der Waals surface area (Å²) >= 11 is 5.85. The van der Waals surface area contributed by atoms with Crippen LogP contribution in [0.3, 0.4) is 0 Å². The summed E-state index contributed by atoms with van der Waals surface area (Å²) in [7, 11) is -1.95. The molecule has 0 radical (unpaired) electrons. The summed E-state index contributed by atoms with van der Waals surface area (Å²) < 4.78 is 40.2. The predicted molar refractivity (Wildman–Crippen MR) is 76.7 cm³/mol. The molecule has 0 amide bonds. The summed E-state index contributed by atoms with van der Waals surface area (Å²) in [5, 5.41) is 2.81. The second-order valence-corrected chi connectivity index (χ2v) is 7.48. The number of halogens is 2. The highest BCUT2D eigenvalue weighted by Gasteiger charge is 2.31. The van der Waals surface area contributed by atoms with Crippen molar-refractivity contribution in [3.63, 3.8) is 0 Å². The monoisotopic (exact) mass is 320 g/mol. The van der Waals surface area contributed by atoms with Gasteiger partial charge >= 0.3 is 0 Å². The van der Waals surface area contributed by atoms with E-state index in [1.54, 1.807) is 7.05 Å². The van der Waals surface area contributed by atoms with Crippen LogP contribution < -0.4 is 5.32 Å². The van der Waals surface area contributed by atoms with E-state index in [1.807, 2.05) is 6.92 Å². The molecule has 20 heavy (non-hydrogen) atoms. The average molecular weight is 321 g/mol. The van der Waals surface area contributed by atoms with Gasteiger partial charge in [-0.1, -0.05) is 18.5 Å². The molecule has 1 fully saturated rings. The zero-order valence-corrected chi connectivity index (χ0v) is 13.1. The van der Waals surface area contributed by atoms with E-state index in [-0.39, 0.29) is 9.92 Å². The van der Waals surface area contributed by atoms with Crippen LogP contribution in [0.5, 0.6) is 0 Å². The SMILES string of the molecule is CNCc1cc(S(=O)(=O)N2CCC(C)C2)cc(F)c1Cl. The lowest BCUT2D eigenvalue weighted by Gasteiger charge is -2.17. The van der Waals surface area contributed by atoms with Crippen molar-refractivity contribution in [1.29, 1.82) is 0 Å². The molecule has 1 aliphatic rings. The molecule has 1 unspecified atom stereocenters. The molecule has 2 rings (SSSR count). The molecule has 112 valence electrons. The van der Waals surface area contributed by atoms with Gasteiger partial charge in [0.05, 0.1) is 9.92 Å². The van der Waals surface area contributed by atoms with E-state index >= 15 is 0 Å². The molecule has 1 atom stereocenters. The van der Waals surface area contributed by atoms with Gasteiger partial charge in [-0.2, -0.15) is 4.31 Å². The van der Waals surface area contributed by atoms with Gasteiger partial charge in [-0.3, -0.25) is 0 Å². The third-order valence-electron chi connectivity index (χ3n) is 3.47. The van der Waals surface area contributed by atoms with E-state index in [2.05, 4.69) is 5.32 Å². The van der Waals surface area contributed by atoms with Gasteiger partial charge in [0.2, 0.25) is 10.0 Å². The zero-order valence-electron chi connectivity index (χ0n) is 11.5. The lowest BCUT2D eigenvalue weighted by molar-refractivity contribution is 0.463. The maximum Gasteiger partial charge on any atom is 0.243 e. The minimum absolute atomic E-state index is 0.0289. The quantitative estimate of drug-likeness (QED) is 0.925. The molecule has 0 spiro atoms. The van der Waals surface area contributed by atoms with Gasteiger partial charge in [-0.05, 0) is 37.1 Å². The zero-order chi connectivity index (χ0) is 14.9. The Bertz CT molecular complexity index is 607. The van der Waals surface area contributed by atoms with Crippen LogP contribution in [0.4, 0.5) is 4.39 Å². The molecule has 1 aromatic rings. The summed E-state index contributed by atoms with van der Waals surface area (Å²) in [6.07, 6.45) is 0.832. The van der Waals surface area contributed by atoms with Crippen molar-refractivity contribution < 1.29 is 12.8 Å². The van der Waals surface area contributed by atoms with E-state index in [9.17, 15) is 12.8 Å². The molecule has 1 saturated heterocycles. The topological polar surface area (TPSA) is 49.4 Å². The molecule has 1 N–H and O–H groups in total. The largest absolute Gasteiger partial charge is 0.316 e. The molecule has 7 heteroatoms. The maximum absolute atomic E-state index is 13.8. The Kier molecular flexibility index (Phi) is 4.69. The van der Waals surface area contributed by atoms with E-state index in [1.165, 1.54) is 10.4 Å². The fourth-order valence-electron chi connectivity index (χ4n) is 2.35. The van der Waals surface area contributed by atoms with E-state index in [4.69, 9.17) is 11.6 Å². The third kappa shape index (κ3) is 2.98. The van der Waals surface area contributed by atoms with Crippen molar-refractivity contribution in [2.45, 2.75) is 24.8 Å². The van der Waals surface area contributed by atoms with E-state index < -0.39 is 15.8 Å². The number of hydrogen-bond acceptors (Lipinski definition) is 3. The van der Waals surface area contributed by atoms with Crippen LogP contribution in [0.25, 0.3) is 0 Å². The molecule has 0 aromatic heterocycles. The molecule has 4 nitrogen and oxygen atoms in total. The van der Waals surface area contributed by atoms with Gasteiger partial charge in [-0.15, -0.1) is 0 Å². The van der Waals surface area contributed by atoms with Crippen molar-refractivity contribution in [1.82, 2.24) is 9.62 Å².